The second-order valence-corrected chi connectivity index (χ2v) is 3.50. The molecular formula is C10H13N3O. The lowest BCUT2D eigenvalue weighted by Gasteiger charge is -2.00. The topological polar surface area (TPSA) is 43.9 Å². The largest absolute Gasteiger partial charge is 0.361 e. The first kappa shape index (κ1) is 8.99. The molecule has 74 valence electrons. The van der Waals surface area contributed by atoms with Gasteiger partial charge in [0.15, 0.2) is 0 Å². The van der Waals surface area contributed by atoms with Gasteiger partial charge < -0.3 is 4.52 Å². The number of nitrogens with zero attached hydrogens (tertiary/aromatic N) is 3. The molecule has 2 rings (SSSR count). The standard InChI is InChI=1S/C10H13N3O/c1-7-5-11-13(9(7)3)6-10-4-8(2)14-12-10/h4-5H,6H2,1-3H3. The Bertz CT molecular complexity index is 442. The smallest absolute Gasteiger partial charge is 0.133 e. The predicted octanol–water partition coefficient (Wildman–Crippen LogP) is 1.84. The van der Waals surface area contributed by atoms with Gasteiger partial charge in [-0.2, -0.15) is 5.10 Å². The molecule has 4 nitrogen and oxygen atoms in total. The normalized spacial score (nSPS) is 10.8. The Kier molecular flexibility index (Phi) is 2.11. The summed E-state index contributed by atoms with van der Waals surface area (Å²) in [5.41, 5.74) is 3.28. The van der Waals surface area contributed by atoms with Crippen LogP contribution in [0.5, 0.6) is 0 Å². The molecule has 0 bridgehead atoms. The van der Waals surface area contributed by atoms with Crippen LogP contribution in [-0.2, 0) is 6.54 Å². The second-order valence-electron chi connectivity index (χ2n) is 3.50. The Labute approximate surface area is 82.5 Å². The third kappa shape index (κ3) is 1.55. The molecule has 0 aliphatic carbocycles. The van der Waals surface area contributed by atoms with Gasteiger partial charge >= 0.3 is 0 Å². The molecule has 0 atom stereocenters. The van der Waals surface area contributed by atoms with Crippen molar-refractivity contribution < 1.29 is 4.52 Å². The van der Waals surface area contributed by atoms with Gasteiger partial charge in [0.05, 0.1) is 12.7 Å². The summed E-state index contributed by atoms with van der Waals surface area (Å²) in [5.74, 6) is 0.835. The van der Waals surface area contributed by atoms with Crippen molar-refractivity contribution in [2.24, 2.45) is 0 Å². The molecule has 0 amide bonds. The van der Waals surface area contributed by atoms with E-state index in [0.29, 0.717) is 6.54 Å². The number of aromatic nitrogens is 3. The summed E-state index contributed by atoms with van der Waals surface area (Å²) in [7, 11) is 0. The molecule has 0 aromatic carbocycles. The van der Waals surface area contributed by atoms with Gasteiger partial charge in [-0.15, -0.1) is 0 Å². The summed E-state index contributed by atoms with van der Waals surface area (Å²) in [6.45, 7) is 6.66. The average Bonchev–Trinajstić information content (AvgIpc) is 2.67. The minimum absolute atomic E-state index is 0.678. The highest BCUT2D eigenvalue weighted by molar-refractivity contribution is 5.15. The summed E-state index contributed by atoms with van der Waals surface area (Å²) in [4.78, 5) is 0. The van der Waals surface area contributed by atoms with Crippen molar-refractivity contribution in [3.63, 3.8) is 0 Å². The van der Waals surface area contributed by atoms with Crippen molar-refractivity contribution in [1.82, 2.24) is 14.9 Å². The molecule has 2 aromatic heterocycles. The molecule has 0 unspecified atom stereocenters. The fourth-order valence-electron chi connectivity index (χ4n) is 1.35. The Hall–Kier alpha value is -1.58. The van der Waals surface area contributed by atoms with Crippen molar-refractivity contribution in [1.29, 1.82) is 0 Å². The van der Waals surface area contributed by atoms with Gasteiger partial charge in [0.2, 0.25) is 0 Å². The fraction of sp³-hybridized carbons (Fsp3) is 0.400. The lowest BCUT2D eigenvalue weighted by molar-refractivity contribution is 0.387. The predicted molar refractivity (Wildman–Crippen MR) is 52.0 cm³/mol. The van der Waals surface area contributed by atoms with Crippen molar-refractivity contribution in [3.05, 3.63) is 35.0 Å². The lowest BCUT2D eigenvalue weighted by Crippen LogP contribution is -2.03. The first-order valence-electron chi connectivity index (χ1n) is 4.58. The molecule has 0 aliphatic heterocycles. The molecule has 2 heterocycles. The average molecular weight is 191 g/mol. The number of hydrogen-bond acceptors (Lipinski definition) is 3. The summed E-state index contributed by atoms with van der Waals surface area (Å²) in [6, 6.07) is 1.93. The van der Waals surface area contributed by atoms with E-state index in [1.807, 2.05) is 30.8 Å². The van der Waals surface area contributed by atoms with Crippen LogP contribution >= 0.6 is 0 Å². The fourth-order valence-corrected chi connectivity index (χ4v) is 1.35. The van der Waals surface area contributed by atoms with Crippen LogP contribution in [-0.4, -0.2) is 14.9 Å². The highest BCUT2D eigenvalue weighted by atomic mass is 16.5. The van der Waals surface area contributed by atoms with Gasteiger partial charge in [-0.1, -0.05) is 5.16 Å². The van der Waals surface area contributed by atoms with Crippen molar-refractivity contribution in [3.8, 4) is 0 Å². The highest BCUT2D eigenvalue weighted by Crippen LogP contribution is 2.08. The van der Waals surface area contributed by atoms with E-state index < -0.39 is 0 Å². The highest BCUT2D eigenvalue weighted by Gasteiger charge is 2.05. The third-order valence-corrected chi connectivity index (χ3v) is 2.34. The van der Waals surface area contributed by atoms with Crippen LogP contribution in [0, 0.1) is 20.8 Å². The molecule has 0 saturated heterocycles. The van der Waals surface area contributed by atoms with E-state index in [-0.39, 0.29) is 0 Å². The Morgan fingerprint density at radius 2 is 2.14 bits per heavy atom. The maximum absolute atomic E-state index is 4.99. The van der Waals surface area contributed by atoms with Gasteiger partial charge in [-0.3, -0.25) is 4.68 Å². The molecule has 0 N–H and O–H groups in total. The van der Waals surface area contributed by atoms with E-state index >= 15 is 0 Å². The van der Waals surface area contributed by atoms with Gasteiger partial charge in [-0.05, 0) is 26.3 Å². The molecule has 4 heteroatoms. The Morgan fingerprint density at radius 1 is 1.36 bits per heavy atom. The van der Waals surface area contributed by atoms with E-state index in [0.717, 1.165) is 11.5 Å². The molecule has 0 saturated carbocycles. The zero-order valence-electron chi connectivity index (χ0n) is 8.61. The number of hydrogen-bond donors (Lipinski definition) is 0. The van der Waals surface area contributed by atoms with Crippen LogP contribution in [0.1, 0.15) is 22.7 Å². The molecule has 0 fully saturated rings. The first-order chi connectivity index (χ1) is 6.66. The SMILES string of the molecule is Cc1cc(Cn2ncc(C)c2C)no1. The molecule has 0 radical (unpaired) electrons. The second kappa shape index (κ2) is 3.29. The van der Waals surface area contributed by atoms with Crippen LogP contribution in [0.15, 0.2) is 16.8 Å². The molecule has 14 heavy (non-hydrogen) atoms. The summed E-state index contributed by atoms with van der Waals surface area (Å²) < 4.78 is 6.92. The van der Waals surface area contributed by atoms with Crippen LogP contribution in [0.3, 0.4) is 0 Å². The van der Waals surface area contributed by atoms with Gasteiger partial charge in [-0.25, -0.2) is 0 Å². The summed E-state index contributed by atoms with van der Waals surface area (Å²) in [6.07, 6.45) is 1.86. The van der Waals surface area contributed by atoms with E-state index in [1.165, 1.54) is 11.3 Å². The minimum atomic E-state index is 0.678. The van der Waals surface area contributed by atoms with Gasteiger partial charge in [0.1, 0.15) is 11.5 Å². The maximum Gasteiger partial charge on any atom is 0.133 e. The van der Waals surface area contributed by atoms with Crippen molar-refractivity contribution in [2.75, 3.05) is 0 Å². The van der Waals surface area contributed by atoms with E-state index in [9.17, 15) is 0 Å². The number of aryl methyl sites for hydroxylation is 2. The molecule has 0 spiro atoms. The zero-order valence-corrected chi connectivity index (χ0v) is 8.61. The Balaban J connectivity index is 2.22. The van der Waals surface area contributed by atoms with Gasteiger partial charge in [0.25, 0.3) is 0 Å². The van der Waals surface area contributed by atoms with Crippen LogP contribution in [0.4, 0.5) is 0 Å². The number of rotatable bonds is 2. The van der Waals surface area contributed by atoms with E-state index in [1.54, 1.807) is 0 Å². The maximum atomic E-state index is 4.99. The van der Waals surface area contributed by atoms with Crippen LogP contribution < -0.4 is 0 Å². The van der Waals surface area contributed by atoms with Crippen molar-refractivity contribution >= 4 is 0 Å². The van der Waals surface area contributed by atoms with Crippen molar-refractivity contribution in [2.45, 2.75) is 27.3 Å². The quantitative estimate of drug-likeness (QED) is 0.727. The zero-order chi connectivity index (χ0) is 10.1. The summed E-state index contributed by atoms with van der Waals surface area (Å²) >= 11 is 0. The molecule has 2 aromatic rings. The van der Waals surface area contributed by atoms with Gasteiger partial charge in [0, 0.05) is 11.8 Å². The first-order valence-corrected chi connectivity index (χ1v) is 4.58. The minimum Gasteiger partial charge on any atom is -0.361 e. The Morgan fingerprint density at radius 3 is 2.64 bits per heavy atom. The third-order valence-electron chi connectivity index (χ3n) is 2.34. The van der Waals surface area contributed by atoms with E-state index in [2.05, 4.69) is 17.2 Å². The monoisotopic (exact) mass is 191 g/mol. The van der Waals surface area contributed by atoms with Crippen LogP contribution in [0.2, 0.25) is 0 Å². The molecule has 0 aliphatic rings. The molecular weight excluding hydrogens is 178 g/mol. The van der Waals surface area contributed by atoms with E-state index in [4.69, 9.17) is 4.52 Å². The summed E-state index contributed by atoms with van der Waals surface area (Å²) in [5, 5.41) is 8.18. The lowest BCUT2D eigenvalue weighted by atomic mass is 10.3. The van der Waals surface area contributed by atoms with Crippen LogP contribution in [0.25, 0.3) is 0 Å².